The van der Waals surface area contributed by atoms with Gasteiger partial charge in [0.05, 0.1) is 22.6 Å². The van der Waals surface area contributed by atoms with E-state index in [1.165, 1.54) is 31.4 Å². The van der Waals surface area contributed by atoms with Gasteiger partial charge in [-0.3, -0.25) is 9.52 Å². The maximum absolute atomic E-state index is 13.0. The number of carbonyl (C=O) groups excluding carboxylic acids is 1. The van der Waals surface area contributed by atoms with Gasteiger partial charge >= 0.3 is 6.18 Å². The second-order valence-electron chi connectivity index (χ2n) is 7.29. The van der Waals surface area contributed by atoms with Crippen LogP contribution in [0.4, 0.5) is 24.5 Å². The second-order valence-corrected chi connectivity index (χ2v) is 9.38. The Morgan fingerprint density at radius 1 is 1.00 bits per heavy atom. The van der Waals surface area contributed by atoms with Crippen LogP contribution < -0.4 is 19.5 Å². The predicted octanol–water partition coefficient (Wildman–Crippen LogP) is 5.49. The average molecular weight is 529 g/mol. The Kier molecular flexibility index (Phi) is 7.81. The highest BCUT2D eigenvalue weighted by Gasteiger charge is 2.33. The summed E-state index contributed by atoms with van der Waals surface area (Å²) in [5.41, 5.74) is -0.399. The Bertz CT molecular complexity index is 1330. The van der Waals surface area contributed by atoms with Gasteiger partial charge in [-0.05, 0) is 73.2 Å². The fourth-order valence-electron chi connectivity index (χ4n) is 2.98. The SMILES string of the molecule is COc1ccc(NS(=O)(=O)c2ccc(OCC(=O)Nc3ccc(Cl)c(C(F)(F)F)c3)c(C)c2)cc1. The number of anilines is 2. The maximum atomic E-state index is 13.0. The third kappa shape index (κ3) is 6.80. The van der Waals surface area contributed by atoms with Gasteiger partial charge in [0.2, 0.25) is 0 Å². The second kappa shape index (κ2) is 10.4. The summed E-state index contributed by atoms with van der Waals surface area (Å²) in [6, 6.07) is 13.4. The molecule has 3 rings (SSSR count). The standard InChI is InChI=1S/C23H20ClF3N2O5S/c1-14-11-18(35(31,32)29-15-3-6-17(33-2)7-4-15)8-10-21(14)34-13-22(30)28-16-5-9-20(24)19(12-16)23(25,26)27/h3-12,29H,13H2,1-2H3,(H,28,30). The van der Waals surface area contributed by atoms with E-state index < -0.39 is 39.3 Å². The molecule has 0 heterocycles. The first kappa shape index (κ1) is 26.2. The number of hydrogen-bond acceptors (Lipinski definition) is 5. The van der Waals surface area contributed by atoms with Crippen molar-refractivity contribution >= 4 is 38.9 Å². The number of alkyl halides is 3. The number of amides is 1. The Labute approximate surface area is 204 Å². The van der Waals surface area contributed by atoms with Crippen molar-refractivity contribution in [3.8, 4) is 11.5 Å². The number of carbonyl (C=O) groups is 1. The molecule has 3 aromatic carbocycles. The van der Waals surface area contributed by atoms with Crippen LogP contribution in [-0.4, -0.2) is 28.0 Å². The van der Waals surface area contributed by atoms with Crippen molar-refractivity contribution in [3.63, 3.8) is 0 Å². The minimum absolute atomic E-state index is 0.0246. The monoisotopic (exact) mass is 528 g/mol. The number of ether oxygens (including phenoxy) is 2. The summed E-state index contributed by atoms with van der Waals surface area (Å²) in [6.45, 7) is 1.08. The van der Waals surface area contributed by atoms with Crippen LogP contribution in [0, 0.1) is 6.92 Å². The number of rotatable bonds is 8. The van der Waals surface area contributed by atoms with E-state index in [0.29, 0.717) is 17.0 Å². The van der Waals surface area contributed by atoms with Crippen molar-refractivity contribution < 1.29 is 35.9 Å². The van der Waals surface area contributed by atoms with Crippen LogP contribution in [-0.2, 0) is 21.0 Å². The molecule has 0 spiro atoms. The minimum atomic E-state index is -4.67. The van der Waals surface area contributed by atoms with E-state index in [4.69, 9.17) is 21.1 Å². The molecule has 2 N–H and O–H groups in total. The van der Waals surface area contributed by atoms with Crippen LogP contribution in [0.25, 0.3) is 0 Å². The van der Waals surface area contributed by atoms with E-state index in [9.17, 15) is 26.4 Å². The fourth-order valence-corrected chi connectivity index (χ4v) is 4.35. The van der Waals surface area contributed by atoms with Gasteiger partial charge in [-0.1, -0.05) is 11.6 Å². The summed E-state index contributed by atoms with van der Waals surface area (Å²) in [5.74, 6) is 0.0968. The summed E-state index contributed by atoms with van der Waals surface area (Å²) < 4.78 is 77.2. The molecule has 0 aromatic heterocycles. The van der Waals surface area contributed by atoms with Gasteiger partial charge in [-0.2, -0.15) is 13.2 Å². The molecular weight excluding hydrogens is 509 g/mol. The quantitative estimate of drug-likeness (QED) is 0.403. The van der Waals surface area contributed by atoms with Gasteiger partial charge in [-0.25, -0.2) is 8.42 Å². The summed E-state index contributed by atoms with van der Waals surface area (Å²) in [6.07, 6.45) is -4.67. The molecule has 186 valence electrons. The molecule has 0 atom stereocenters. The maximum Gasteiger partial charge on any atom is 0.417 e. The van der Waals surface area contributed by atoms with Gasteiger partial charge in [-0.15, -0.1) is 0 Å². The Balaban J connectivity index is 1.64. The molecule has 0 aliphatic rings. The third-order valence-electron chi connectivity index (χ3n) is 4.71. The lowest BCUT2D eigenvalue weighted by Crippen LogP contribution is -2.21. The molecule has 1 amide bonds. The highest BCUT2D eigenvalue weighted by Crippen LogP contribution is 2.36. The van der Waals surface area contributed by atoms with Crippen LogP contribution in [0.1, 0.15) is 11.1 Å². The average Bonchev–Trinajstić information content (AvgIpc) is 2.79. The van der Waals surface area contributed by atoms with E-state index in [1.54, 1.807) is 31.2 Å². The van der Waals surface area contributed by atoms with Crippen LogP contribution in [0.5, 0.6) is 11.5 Å². The summed E-state index contributed by atoms with van der Waals surface area (Å²) >= 11 is 5.57. The summed E-state index contributed by atoms with van der Waals surface area (Å²) in [4.78, 5) is 12.1. The lowest BCUT2D eigenvalue weighted by Gasteiger charge is -2.14. The number of methoxy groups -OCH3 is 1. The van der Waals surface area contributed by atoms with Crippen molar-refractivity contribution in [1.82, 2.24) is 0 Å². The van der Waals surface area contributed by atoms with Crippen LogP contribution in [0.15, 0.2) is 65.6 Å². The Morgan fingerprint density at radius 3 is 2.26 bits per heavy atom. The molecule has 0 bridgehead atoms. The molecule has 0 saturated heterocycles. The van der Waals surface area contributed by atoms with E-state index in [2.05, 4.69) is 10.0 Å². The van der Waals surface area contributed by atoms with Crippen LogP contribution in [0.2, 0.25) is 5.02 Å². The molecule has 0 unspecified atom stereocenters. The minimum Gasteiger partial charge on any atom is -0.497 e. The zero-order valence-electron chi connectivity index (χ0n) is 18.4. The van der Waals surface area contributed by atoms with Crippen molar-refractivity contribution in [2.24, 2.45) is 0 Å². The van der Waals surface area contributed by atoms with Crippen molar-refractivity contribution in [1.29, 1.82) is 0 Å². The Hall–Kier alpha value is -3.44. The molecule has 0 saturated carbocycles. The zero-order chi connectivity index (χ0) is 25.8. The number of nitrogens with one attached hydrogen (secondary N) is 2. The number of aryl methyl sites for hydroxylation is 1. The lowest BCUT2D eigenvalue weighted by atomic mass is 10.2. The van der Waals surface area contributed by atoms with Crippen molar-refractivity contribution in [2.75, 3.05) is 23.8 Å². The van der Waals surface area contributed by atoms with Crippen molar-refractivity contribution in [2.45, 2.75) is 18.0 Å². The first-order valence-electron chi connectivity index (χ1n) is 9.96. The number of benzene rings is 3. The van der Waals surface area contributed by atoms with Gasteiger partial charge in [0.25, 0.3) is 15.9 Å². The first-order valence-corrected chi connectivity index (χ1v) is 11.8. The van der Waals surface area contributed by atoms with E-state index >= 15 is 0 Å². The van der Waals surface area contributed by atoms with E-state index in [-0.39, 0.29) is 16.3 Å². The number of halogens is 4. The summed E-state index contributed by atoms with van der Waals surface area (Å²) in [5, 5.41) is 1.82. The molecule has 7 nitrogen and oxygen atoms in total. The van der Waals surface area contributed by atoms with E-state index in [1.807, 2.05) is 0 Å². The van der Waals surface area contributed by atoms with Crippen LogP contribution >= 0.6 is 11.6 Å². The van der Waals surface area contributed by atoms with Gasteiger partial charge < -0.3 is 14.8 Å². The smallest absolute Gasteiger partial charge is 0.417 e. The van der Waals surface area contributed by atoms with Crippen LogP contribution in [0.3, 0.4) is 0 Å². The molecule has 0 fully saturated rings. The fraction of sp³-hybridized carbons (Fsp3) is 0.174. The molecule has 12 heteroatoms. The third-order valence-corrected chi connectivity index (χ3v) is 6.42. The van der Waals surface area contributed by atoms with Gasteiger partial charge in [0.15, 0.2) is 6.61 Å². The van der Waals surface area contributed by atoms with Gasteiger partial charge in [0.1, 0.15) is 11.5 Å². The Morgan fingerprint density at radius 2 is 1.66 bits per heavy atom. The largest absolute Gasteiger partial charge is 0.497 e. The topological polar surface area (TPSA) is 93.7 Å². The lowest BCUT2D eigenvalue weighted by molar-refractivity contribution is -0.137. The molecule has 35 heavy (non-hydrogen) atoms. The zero-order valence-corrected chi connectivity index (χ0v) is 20.0. The normalized spacial score (nSPS) is 11.6. The highest BCUT2D eigenvalue weighted by atomic mass is 35.5. The summed E-state index contributed by atoms with van der Waals surface area (Å²) in [7, 11) is -2.40. The molecule has 3 aromatic rings. The number of sulfonamides is 1. The highest BCUT2D eigenvalue weighted by molar-refractivity contribution is 7.92. The first-order chi connectivity index (χ1) is 16.4. The van der Waals surface area contributed by atoms with Gasteiger partial charge in [0, 0.05) is 11.4 Å². The van der Waals surface area contributed by atoms with E-state index in [0.717, 1.165) is 12.1 Å². The number of hydrogen-bond donors (Lipinski definition) is 2. The molecule has 0 aliphatic heterocycles. The molecule has 0 radical (unpaired) electrons. The molecule has 0 aliphatic carbocycles. The predicted molar refractivity (Wildman–Crippen MR) is 126 cm³/mol. The van der Waals surface area contributed by atoms with Crippen molar-refractivity contribution in [3.05, 3.63) is 76.8 Å². The molecular formula is C23H20ClF3N2O5S.